The molecule has 0 radical (unpaired) electrons. The summed E-state index contributed by atoms with van der Waals surface area (Å²) in [6.45, 7) is -0.176. The highest BCUT2D eigenvalue weighted by Crippen LogP contribution is 2.13. The molecule has 0 amide bonds. The maximum atomic E-state index is 13.2. The zero-order valence-corrected chi connectivity index (χ0v) is 8.23. The van der Waals surface area contributed by atoms with Gasteiger partial charge in [0, 0.05) is 12.4 Å². The zero-order chi connectivity index (χ0) is 11.5. The monoisotopic (exact) mass is 222 g/mol. The Morgan fingerprint density at radius 1 is 1.25 bits per heavy atom. The van der Waals surface area contributed by atoms with Crippen LogP contribution in [0.15, 0.2) is 36.7 Å². The van der Waals surface area contributed by atoms with Gasteiger partial charge in [0.1, 0.15) is 18.2 Å². The lowest BCUT2D eigenvalue weighted by Gasteiger charge is -2.03. The van der Waals surface area contributed by atoms with Crippen LogP contribution < -0.4 is 0 Å². The molecule has 2 rings (SSSR count). The van der Waals surface area contributed by atoms with Gasteiger partial charge in [0.05, 0.1) is 5.56 Å². The molecular weight excluding hydrogens is 214 g/mol. The lowest BCUT2D eigenvalue weighted by Crippen LogP contribution is -2.14. The summed E-state index contributed by atoms with van der Waals surface area (Å²) in [4.78, 5) is 11.6. The molecule has 0 aliphatic carbocycles. The quantitative estimate of drug-likeness (QED) is 0.745. The highest BCUT2D eigenvalue weighted by molar-refractivity contribution is 5.96. The maximum absolute atomic E-state index is 13.2. The first-order chi connectivity index (χ1) is 7.68. The zero-order valence-electron chi connectivity index (χ0n) is 8.23. The van der Waals surface area contributed by atoms with Gasteiger partial charge in [0.15, 0.2) is 5.78 Å². The largest absolute Gasteiger partial charge is 0.292 e. The molecule has 0 unspecified atom stereocenters. The van der Waals surface area contributed by atoms with Crippen LogP contribution in [0.5, 0.6) is 0 Å². The van der Waals surface area contributed by atoms with Crippen molar-refractivity contribution in [3.63, 3.8) is 0 Å². The van der Waals surface area contributed by atoms with E-state index in [0.29, 0.717) is 0 Å². The molecule has 0 saturated heterocycles. The average Bonchev–Trinajstić information content (AvgIpc) is 2.70. The molecule has 0 aliphatic rings. The van der Waals surface area contributed by atoms with E-state index in [9.17, 15) is 13.6 Å². The summed E-state index contributed by atoms with van der Waals surface area (Å²) in [6, 6.07) is 4.96. The number of nitrogens with zero attached hydrogens (tertiary/aromatic N) is 2. The fraction of sp³-hybridized carbons (Fsp3) is 0.0909. The fourth-order valence-corrected chi connectivity index (χ4v) is 1.38. The number of rotatable bonds is 3. The van der Waals surface area contributed by atoms with Crippen LogP contribution in [-0.2, 0) is 6.54 Å². The molecule has 0 aliphatic heterocycles. The molecule has 16 heavy (non-hydrogen) atoms. The molecule has 2 aromatic rings. The minimum absolute atomic E-state index is 0.176. The number of halogens is 2. The van der Waals surface area contributed by atoms with E-state index in [4.69, 9.17) is 0 Å². The summed E-state index contributed by atoms with van der Waals surface area (Å²) >= 11 is 0. The molecule has 0 atom stereocenters. The van der Waals surface area contributed by atoms with E-state index in [-0.39, 0.29) is 6.54 Å². The Labute approximate surface area is 90.3 Å². The van der Waals surface area contributed by atoms with E-state index in [1.54, 1.807) is 12.3 Å². The average molecular weight is 222 g/mol. The number of Topliss-reactive ketones (excluding diaryl/α,β-unsaturated/α-hetero) is 1. The van der Waals surface area contributed by atoms with Gasteiger partial charge in [-0.2, -0.15) is 5.10 Å². The molecule has 0 saturated carbocycles. The molecule has 0 fully saturated rings. The summed E-state index contributed by atoms with van der Waals surface area (Å²) in [7, 11) is 0. The second kappa shape index (κ2) is 4.22. The van der Waals surface area contributed by atoms with Crippen molar-refractivity contribution in [2.45, 2.75) is 6.54 Å². The van der Waals surface area contributed by atoms with Gasteiger partial charge in [-0.3, -0.25) is 9.48 Å². The van der Waals surface area contributed by atoms with Gasteiger partial charge in [-0.15, -0.1) is 0 Å². The van der Waals surface area contributed by atoms with E-state index in [2.05, 4.69) is 5.10 Å². The summed E-state index contributed by atoms with van der Waals surface area (Å²) in [5.41, 5.74) is -0.516. The Morgan fingerprint density at radius 2 is 1.94 bits per heavy atom. The molecule has 1 heterocycles. The first-order valence-corrected chi connectivity index (χ1v) is 4.63. The smallest absolute Gasteiger partial charge is 0.190 e. The Bertz CT molecular complexity index is 488. The third kappa shape index (κ3) is 1.98. The van der Waals surface area contributed by atoms with Crippen molar-refractivity contribution in [1.29, 1.82) is 0 Å². The van der Waals surface area contributed by atoms with Crippen LogP contribution in [0, 0.1) is 11.6 Å². The van der Waals surface area contributed by atoms with Gasteiger partial charge in [0.2, 0.25) is 0 Å². The number of benzene rings is 1. The Morgan fingerprint density at radius 3 is 2.50 bits per heavy atom. The highest BCUT2D eigenvalue weighted by Gasteiger charge is 2.17. The topological polar surface area (TPSA) is 34.9 Å². The summed E-state index contributed by atoms with van der Waals surface area (Å²) in [5, 5.41) is 3.79. The predicted molar refractivity (Wildman–Crippen MR) is 52.9 cm³/mol. The van der Waals surface area contributed by atoms with Crippen molar-refractivity contribution in [3.05, 3.63) is 53.9 Å². The lowest BCUT2D eigenvalue weighted by atomic mass is 10.1. The Kier molecular flexibility index (Phi) is 2.76. The van der Waals surface area contributed by atoms with E-state index in [1.807, 2.05) is 0 Å². The molecule has 5 heteroatoms. The molecule has 1 aromatic heterocycles. The van der Waals surface area contributed by atoms with Gasteiger partial charge in [-0.1, -0.05) is 6.07 Å². The van der Waals surface area contributed by atoms with Gasteiger partial charge in [-0.25, -0.2) is 8.78 Å². The Balaban J connectivity index is 2.28. The fourth-order valence-electron chi connectivity index (χ4n) is 1.38. The second-order valence-electron chi connectivity index (χ2n) is 3.22. The SMILES string of the molecule is O=C(Cn1cccn1)c1c(F)cccc1F. The Hall–Kier alpha value is -2.04. The number of carbonyl (C=O) groups is 1. The molecule has 3 nitrogen and oxygen atoms in total. The van der Waals surface area contributed by atoms with Gasteiger partial charge in [0.25, 0.3) is 0 Å². The molecule has 0 spiro atoms. The molecule has 82 valence electrons. The van der Waals surface area contributed by atoms with Crippen LogP contribution >= 0.6 is 0 Å². The van der Waals surface area contributed by atoms with Gasteiger partial charge in [-0.05, 0) is 18.2 Å². The summed E-state index contributed by atoms with van der Waals surface area (Å²) < 4.78 is 27.8. The van der Waals surface area contributed by atoms with Crippen LogP contribution in [0.1, 0.15) is 10.4 Å². The number of hydrogen-bond acceptors (Lipinski definition) is 2. The molecule has 0 bridgehead atoms. The summed E-state index contributed by atoms with van der Waals surface area (Å²) in [6.07, 6.45) is 3.04. The van der Waals surface area contributed by atoms with Crippen molar-refractivity contribution in [1.82, 2.24) is 9.78 Å². The van der Waals surface area contributed by atoms with Crippen molar-refractivity contribution in [2.75, 3.05) is 0 Å². The van der Waals surface area contributed by atoms with E-state index < -0.39 is 23.0 Å². The minimum Gasteiger partial charge on any atom is -0.292 e. The summed E-state index contributed by atoms with van der Waals surface area (Å²) in [5.74, 6) is -2.34. The number of aromatic nitrogens is 2. The van der Waals surface area contributed by atoms with E-state index in [0.717, 1.165) is 12.1 Å². The lowest BCUT2D eigenvalue weighted by molar-refractivity contribution is 0.0959. The highest BCUT2D eigenvalue weighted by atomic mass is 19.1. The van der Waals surface area contributed by atoms with E-state index >= 15 is 0 Å². The third-order valence-corrected chi connectivity index (χ3v) is 2.11. The second-order valence-corrected chi connectivity index (χ2v) is 3.22. The first kappa shape index (κ1) is 10.5. The molecular formula is C11H8F2N2O. The van der Waals surface area contributed by atoms with Crippen LogP contribution in [0.25, 0.3) is 0 Å². The third-order valence-electron chi connectivity index (χ3n) is 2.11. The van der Waals surface area contributed by atoms with Crippen molar-refractivity contribution < 1.29 is 13.6 Å². The number of carbonyl (C=O) groups excluding carboxylic acids is 1. The maximum Gasteiger partial charge on any atom is 0.190 e. The minimum atomic E-state index is -0.850. The van der Waals surface area contributed by atoms with E-state index in [1.165, 1.54) is 16.9 Å². The van der Waals surface area contributed by atoms with Crippen molar-refractivity contribution in [3.8, 4) is 0 Å². The van der Waals surface area contributed by atoms with Crippen molar-refractivity contribution >= 4 is 5.78 Å². The number of hydrogen-bond donors (Lipinski definition) is 0. The van der Waals surface area contributed by atoms with Crippen LogP contribution in [-0.4, -0.2) is 15.6 Å². The predicted octanol–water partition coefficient (Wildman–Crippen LogP) is 2.04. The van der Waals surface area contributed by atoms with Crippen LogP contribution in [0.3, 0.4) is 0 Å². The van der Waals surface area contributed by atoms with Gasteiger partial charge >= 0.3 is 0 Å². The normalized spacial score (nSPS) is 10.4. The number of ketones is 1. The van der Waals surface area contributed by atoms with Gasteiger partial charge < -0.3 is 0 Å². The van der Waals surface area contributed by atoms with Crippen LogP contribution in [0.2, 0.25) is 0 Å². The molecule has 1 aromatic carbocycles. The van der Waals surface area contributed by atoms with Crippen molar-refractivity contribution in [2.24, 2.45) is 0 Å². The molecule has 0 N–H and O–H groups in total. The standard InChI is InChI=1S/C11H8F2N2O/c12-8-3-1-4-9(13)11(8)10(16)7-15-6-2-5-14-15/h1-6H,7H2. The first-order valence-electron chi connectivity index (χ1n) is 4.63. The van der Waals surface area contributed by atoms with Crippen LogP contribution in [0.4, 0.5) is 8.78 Å².